The van der Waals surface area contributed by atoms with E-state index in [1.807, 2.05) is 24.3 Å². The number of thiophene rings is 1. The summed E-state index contributed by atoms with van der Waals surface area (Å²) in [6.07, 6.45) is 2.98. The van der Waals surface area contributed by atoms with Gasteiger partial charge in [0, 0.05) is 28.0 Å². The molecular formula is C15H11ClN2O3S. The van der Waals surface area contributed by atoms with Gasteiger partial charge in [0.1, 0.15) is 0 Å². The van der Waals surface area contributed by atoms with Crippen molar-refractivity contribution in [3.8, 4) is 0 Å². The number of esters is 1. The van der Waals surface area contributed by atoms with E-state index in [1.54, 1.807) is 13.0 Å². The van der Waals surface area contributed by atoms with E-state index in [0.717, 1.165) is 15.0 Å². The number of aryl methyl sites for hydroxylation is 1. The number of fused-ring (bicyclic) bond motifs is 1. The van der Waals surface area contributed by atoms with Gasteiger partial charge in [-0.15, -0.1) is 21.5 Å². The quantitative estimate of drug-likeness (QED) is 0.533. The first-order valence-corrected chi connectivity index (χ1v) is 7.64. The van der Waals surface area contributed by atoms with Crippen molar-refractivity contribution in [2.75, 3.05) is 0 Å². The first-order chi connectivity index (χ1) is 10.6. The predicted octanol–water partition coefficient (Wildman–Crippen LogP) is 4.00. The highest BCUT2D eigenvalue weighted by atomic mass is 35.5. The number of hydrogen-bond acceptors (Lipinski definition) is 6. The Bertz CT molecular complexity index is 853. The molecule has 0 saturated carbocycles. The van der Waals surface area contributed by atoms with Gasteiger partial charge >= 0.3 is 5.97 Å². The molecule has 112 valence electrons. The fraction of sp³-hybridized carbons (Fsp3) is 0.133. The molecule has 0 radical (unpaired) electrons. The molecule has 0 unspecified atom stereocenters. The largest absolute Gasteiger partial charge is 0.452 e. The second-order valence-corrected chi connectivity index (χ2v) is 5.89. The van der Waals surface area contributed by atoms with Crippen molar-refractivity contribution >= 4 is 45.1 Å². The number of hydrogen-bond donors (Lipinski definition) is 0. The topological polar surface area (TPSA) is 65.2 Å². The van der Waals surface area contributed by atoms with Crippen LogP contribution in [0.4, 0.5) is 0 Å². The van der Waals surface area contributed by atoms with Crippen LogP contribution in [0.3, 0.4) is 0 Å². The predicted molar refractivity (Wildman–Crippen MR) is 84.7 cm³/mol. The molecule has 0 fully saturated rings. The van der Waals surface area contributed by atoms with Crippen LogP contribution in [0.1, 0.15) is 16.7 Å². The van der Waals surface area contributed by atoms with Crippen LogP contribution in [0.25, 0.3) is 16.2 Å². The molecule has 22 heavy (non-hydrogen) atoms. The monoisotopic (exact) mass is 334 g/mol. The van der Waals surface area contributed by atoms with Gasteiger partial charge in [-0.05, 0) is 12.1 Å². The zero-order valence-corrected chi connectivity index (χ0v) is 13.1. The van der Waals surface area contributed by atoms with Crippen LogP contribution in [0, 0.1) is 6.92 Å². The van der Waals surface area contributed by atoms with Gasteiger partial charge in [-0.25, -0.2) is 4.79 Å². The third kappa shape index (κ3) is 3.18. The summed E-state index contributed by atoms with van der Waals surface area (Å²) < 4.78 is 11.2. The van der Waals surface area contributed by atoms with E-state index in [-0.39, 0.29) is 12.5 Å². The normalized spacial score (nSPS) is 11.4. The van der Waals surface area contributed by atoms with E-state index >= 15 is 0 Å². The van der Waals surface area contributed by atoms with Crippen molar-refractivity contribution in [3.63, 3.8) is 0 Å². The van der Waals surface area contributed by atoms with Crippen molar-refractivity contribution in [1.82, 2.24) is 10.2 Å². The average Bonchev–Trinajstić information content (AvgIpc) is 3.07. The number of aromatic nitrogens is 2. The number of ether oxygens (including phenoxy) is 1. The van der Waals surface area contributed by atoms with E-state index in [2.05, 4.69) is 10.2 Å². The molecule has 2 aromatic heterocycles. The van der Waals surface area contributed by atoms with E-state index in [1.165, 1.54) is 17.4 Å². The number of carbonyl (C=O) groups excluding carboxylic acids is 1. The van der Waals surface area contributed by atoms with Crippen molar-refractivity contribution in [1.29, 1.82) is 0 Å². The Kier molecular flexibility index (Phi) is 4.22. The molecule has 1 aromatic carbocycles. The molecule has 3 aromatic rings. The Morgan fingerprint density at radius 1 is 1.41 bits per heavy atom. The highest BCUT2D eigenvalue weighted by Gasteiger charge is 2.09. The lowest BCUT2D eigenvalue weighted by Crippen LogP contribution is -2.00. The van der Waals surface area contributed by atoms with Crippen LogP contribution in [-0.2, 0) is 16.1 Å². The molecule has 0 spiro atoms. The molecule has 3 rings (SSSR count). The first kappa shape index (κ1) is 14.7. The van der Waals surface area contributed by atoms with Crippen LogP contribution in [0.2, 0.25) is 5.02 Å². The molecule has 7 heteroatoms. The number of rotatable bonds is 4. The molecule has 0 amide bonds. The summed E-state index contributed by atoms with van der Waals surface area (Å²) in [4.78, 5) is 12.5. The SMILES string of the molecule is Cc1nnc(COC(=O)/C=C/c2sc3ccccc3c2Cl)o1. The van der Waals surface area contributed by atoms with Crippen LogP contribution in [0.15, 0.2) is 34.8 Å². The minimum absolute atomic E-state index is 0.0514. The number of halogens is 1. The zero-order valence-electron chi connectivity index (χ0n) is 11.6. The lowest BCUT2D eigenvalue weighted by atomic mass is 10.2. The third-order valence-electron chi connectivity index (χ3n) is 2.84. The van der Waals surface area contributed by atoms with Crippen LogP contribution < -0.4 is 0 Å². The summed E-state index contributed by atoms with van der Waals surface area (Å²) in [5.74, 6) is 0.196. The average molecular weight is 335 g/mol. The third-order valence-corrected chi connectivity index (χ3v) is 4.49. The number of nitrogens with zero attached hydrogens (tertiary/aromatic N) is 2. The summed E-state index contributed by atoms with van der Waals surface area (Å²) in [6, 6.07) is 7.81. The van der Waals surface area contributed by atoms with Gasteiger partial charge in [-0.2, -0.15) is 0 Å². The smallest absolute Gasteiger partial charge is 0.331 e. The molecule has 5 nitrogen and oxygen atoms in total. The number of benzene rings is 1. The Labute approximate surface area is 135 Å². The molecule has 0 aliphatic heterocycles. The molecule has 0 atom stereocenters. The lowest BCUT2D eigenvalue weighted by Gasteiger charge is -1.96. The van der Waals surface area contributed by atoms with Crippen molar-refractivity contribution in [2.24, 2.45) is 0 Å². The summed E-state index contributed by atoms with van der Waals surface area (Å²) in [7, 11) is 0. The van der Waals surface area contributed by atoms with Crippen LogP contribution >= 0.6 is 22.9 Å². The van der Waals surface area contributed by atoms with E-state index in [4.69, 9.17) is 20.8 Å². The van der Waals surface area contributed by atoms with Gasteiger partial charge in [-0.3, -0.25) is 0 Å². The van der Waals surface area contributed by atoms with Gasteiger partial charge in [0.15, 0.2) is 6.61 Å². The molecule has 2 heterocycles. The lowest BCUT2D eigenvalue weighted by molar-refractivity contribution is -0.139. The Morgan fingerprint density at radius 3 is 2.95 bits per heavy atom. The standard InChI is InChI=1S/C15H11ClN2O3S/c1-9-17-18-13(21-9)8-20-14(19)7-6-12-15(16)10-4-2-3-5-11(10)22-12/h2-7H,8H2,1H3/b7-6+. The maximum Gasteiger partial charge on any atom is 0.331 e. The summed E-state index contributed by atoms with van der Waals surface area (Å²) in [5.41, 5.74) is 0. The van der Waals surface area contributed by atoms with Gasteiger partial charge < -0.3 is 9.15 Å². The van der Waals surface area contributed by atoms with Gasteiger partial charge in [0.2, 0.25) is 5.89 Å². The maximum atomic E-state index is 11.7. The van der Waals surface area contributed by atoms with Crippen LogP contribution in [-0.4, -0.2) is 16.2 Å². The molecule has 0 bridgehead atoms. The minimum Gasteiger partial charge on any atom is -0.452 e. The highest BCUT2D eigenvalue weighted by molar-refractivity contribution is 7.20. The highest BCUT2D eigenvalue weighted by Crippen LogP contribution is 2.35. The molecular weight excluding hydrogens is 324 g/mol. The Morgan fingerprint density at radius 2 is 2.23 bits per heavy atom. The molecule has 0 aliphatic carbocycles. The van der Waals surface area contributed by atoms with Gasteiger partial charge in [-0.1, -0.05) is 29.8 Å². The van der Waals surface area contributed by atoms with Gasteiger partial charge in [0.05, 0.1) is 5.02 Å². The number of carbonyl (C=O) groups is 1. The fourth-order valence-electron chi connectivity index (χ4n) is 1.86. The molecule has 0 aliphatic rings. The van der Waals surface area contributed by atoms with Crippen LogP contribution in [0.5, 0.6) is 0 Å². The van der Waals surface area contributed by atoms with E-state index in [9.17, 15) is 4.79 Å². The van der Waals surface area contributed by atoms with E-state index < -0.39 is 5.97 Å². The minimum atomic E-state index is -0.496. The Balaban J connectivity index is 1.67. The van der Waals surface area contributed by atoms with Crippen molar-refractivity contribution in [2.45, 2.75) is 13.5 Å². The summed E-state index contributed by atoms with van der Waals surface area (Å²) in [6.45, 7) is 1.62. The maximum absolute atomic E-state index is 11.7. The second kappa shape index (κ2) is 6.29. The van der Waals surface area contributed by atoms with Gasteiger partial charge in [0.25, 0.3) is 5.89 Å². The fourth-order valence-corrected chi connectivity index (χ4v) is 3.26. The van der Waals surface area contributed by atoms with Crippen molar-refractivity contribution < 1.29 is 13.9 Å². The molecule has 0 N–H and O–H groups in total. The zero-order chi connectivity index (χ0) is 15.5. The second-order valence-electron chi connectivity index (χ2n) is 4.43. The molecule has 0 saturated heterocycles. The first-order valence-electron chi connectivity index (χ1n) is 6.44. The summed E-state index contributed by atoms with van der Waals surface area (Å²) in [5, 5.41) is 9.01. The summed E-state index contributed by atoms with van der Waals surface area (Å²) >= 11 is 7.81. The van der Waals surface area contributed by atoms with E-state index in [0.29, 0.717) is 10.9 Å². The Hall–Kier alpha value is -2.18. The van der Waals surface area contributed by atoms with Crippen molar-refractivity contribution in [3.05, 3.63) is 52.0 Å².